The number of ether oxygens (including phenoxy) is 1. The van der Waals surface area contributed by atoms with Crippen LogP contribution in [0.15, 0.2) is 59.7 Å². The number of nitrogens with one attached hydrogen (secondary N) is 1. The van der Waals surface area contributed by atoms with E-state index in [9.17, 15) is 18.4 Å². The molecule has 2 aromatic heterocycles. The second-order valence-corrected chi connectivity index (χ2v) is 8.99. The zero-order valence-corrected chi connectivity index (χ0v) is 20.4. The van der Waals surface area contributed by atoms with Crippen molar-refractivity contribution < 1.29 is 18.3 Å². The molecule has 192 valence electrons. The quantitative estimate of drug-likeness (QED) is 0.411. The second kappa shape index (κ2) is 10.00. The minimum Gasteiger partial charge on any atom is -0.434 e. The van der Waals surface area contributed by atoms with Crippen LogP contribution in [0.2, 0.25) is 0 Å². The molecule has 1 aliphatic heterocycles. The molecule has 1 N–H and O–H groups in total. The molecular formula is C26H26F2N6O3. The maximum absolute atomic E-state index is 12.9. The Kier molecular flexibility index (Phi) is 6.60. The summed E-state index contributed by atoms with van der Waals surface area (Å²) in [6.45, 7) is 0.112. The third-order valence-electron chi connectivity index (χ3n) is 6.62. The maximum Gasteiger partial charge on any atom is 0.387 e. The van der Waals surface area contributed by atoms with Crippen molar-refractivity contribution in [2.24, 2.45) is 7.05 Å². The Balaban J connectivity index is 1.41. The van der Waals surface area contributed by atoms with Gasteiger partial charge in [-0.3, -0.25) is 19.0 Å². The molecule has 4 aromatic rings. The van der Waals surface area contributed by atoms with Crippen LogP contribution < -0.4 is 15.6 Å². The number of benzene rings is 2. The van der Waals surface area contributed by atoms with E-state index in [-0.39, 0.29) is 29.8 Å². The van der Waals surface area contributed by atoms with Gasteiger partial charge in [-0.2, -0.15) is 8.78 Å². The summed E-state index contributed by atoms with van der Waals surface area (Å²) in [6, 6.07) is 12.1. The molecule has 3 heterocycles. The smallest absolute Gasteiger partial charge is 0.387 e. The Morgan fingerprint density at radius 1 is 1.16 bits per heavy atom. The zero-order chi connectivity index (χ0) is 26.1. The molecule has 0 bridgehead atoms. The van der Waals surface area contributed by atoms with Crippen molar-refractivity contribution >= 4 is 22.8 Å². The van der Waals surface area contributed by atoms with Crippen molar-refractivity contribution in [2.75, 3.05) is 18.4 Å². The van der Waals surface area contributed by atoms with E-state index in [0.717, 1.165) is 17.5 Å². The zero-order valence-electron chi connectivity index (χ0n) is 20.4. The van der Waals surface area contributed by atoms with Gasteiger partial charge in [0.2, 0.25) is 11.9 Å². The van der Waals surface area contributed by atoms with Gasteiger partial charge in [-0.1, -0.05) is 24.3 Å². The van der Waals surface area contributed by atoms with E-state index in [1.165, 1.54) is 10.7 Å². The number of halogens is 2. The highest BCUT2D eigenvalue weighted by Gasteiger charge is 2.24. The van der Waals surface area contributed by atoms with Gasteiger partial charge in [0.15, 0.2) is 0 Å². The van der Waals surface area contributed by atoms with Crippen LogP contribution in [0.25, 0.3) is 22.0 Å². The number of hydrogen-bond acceptors (Lipinski definition) is 6. The topological polar surface area (TPSA) is 94.3 Å². The number of rotatable bonds is 7. The van der Waals surface area contributed by atoms with Crippen molar-refractivity contribution in [1.82, 2.24) is 24.2 Å². The van der Waals surface area contributed by atoms with Crippen LogP contribution in [0.3, 0.4) is 0 Å². The fraction of sp³-hybridized carbons (Fsp3) is 0.308. The summed E-state index contributed by atoms with van der Waals surface area (Å²) in [7, 11) is 1.64. The second-order valence-electron chi connectivity index (χ2n) is 8.99. The number of anilines is 1. The van der Waals surface area contributed by atoms with E-state index in [2.05, 4.69) is 20.0 Å². The Hall–Kier alpha value is -4.28. The molecule has 37 heavy (non-hydrogen) atoms. The normalized spacial score (nSPS) is 15.5. The van der Waals surface area contributed by atoms with Crippen LogP contribution in [0.4, 0.5) is 14.7 Å². The molecular weight excluding hydrogens is 482 g/mol. The van der Waals surface area contributed by atoms with E-state index >= 15 is 0 Å². The van der Waals surface area contributed by atoms with Crippen LogP contribution in [0.1, 0.15) is 18.9 Å². The molecule has 0 radical (unpaired) electrons. The fourth-order valence-corrected chi connectivity index (χ4v) is 4.65. The minimum atomic E-state index is -2.95. The van der Waals surface area contributed by atoms with E-state index in [1.54, 1.807) is 60.2 Å². The molecule has 1 aliphatic rings. The summed E-state index contributed by atoms with van der Waals surface area (Å²) in [5.41, 5.74) is 2.54. The Labute approximate surface area is 211 Å². The summed E-state index contributed by atoms with van der Waals surface area (Å²) >= 11 is 0. The highest BCUT2D eigenvalue weighted by molar-refractivity contribution is 5.84. The first-order valence-corrected chi connectivity index (χ1v) is 11.9. The lowest BCUT2D eigenvalue weighted by atomic mass is 10.1. The standard InChI is InChI=1S/C26H26F2N6O3/c1-16(35)33-10-9-20(15-33)31-26-29-12-19(13-30-26)17-7-8-21-22(11-17)34(32(2)24(21)36)14-18-5-3-4-6-23(18)37-25(27)28/h3-8,11-13,20,25H,9-10,14-15H2,1-2H3,(H,29,30,31)/t20-/m0/s1. The summed E-state index contributed by atoms with van der Waals surface area (Å²) in [6.07, 6.45) is 4.23. The van der Waals surface area contributed by atoms with Crippen molar-refractivity contribution in [2.45, 2.75) is 32.5 Å². The predicted octanol–water partition coefficient (Wildman–Crippen LogP) is 3.48. The molecule has 1 fully saturated rings. The Morgan fingerprint density at radius 3 is 2.62 bits per heavy atom. The van der Waals surface area contributed by atoms with Gasteiger partial charge in [-0.15, -0.1) is 0 Å². The highest BCUT2D eigenvalue weighted by atomic mass is 19.3. The van der Waals surface area contributed by atoms with Gasteiger partial charge in [-0.25, -0.2) is 9.97 Å². The largest absolute Gasteiger partial charge is 0.434 e. The number of para-hydroxylation sites is 1. The molecule has 2 aromatic carbocycles. The van der Waals surface area contributed by atoms with E-state index in [0.29, 0.717) is 35.5 Å². The molecule has 9 nitrogen and oxygen atoms in total. The first-order valence-electron chi connectivity index (χ1n) is 11.9. The van der Waals surface area contributed by atoms with Crippen LogP contribution in [-0.4, -0.2) is 55.9 Å². The van der Waals surface area contributed by atoms with Crippen LogP contribution in [0.5, 0.6) is 5.75 Å². The Bertz CT molecular complexity index is 1500. The molecule has 0 saturated carbocycles. The molecule has 1 atom stereocenters. The van der Waals surface area contributed by atoms with Gasteiger partial charge in [0.1, 0.15) is 5.75 Å². The van der Waals surface area contributed by atoms with E-state index < -0.39 is 6.61 Å². The lowest BCUT2D eigenvalue weighted by molar-refractivity contribution is -0.127. The van der Waals surface area contributed by atoms with Crippen molar-refractivity contribution in [1.29, 1.82) is 0 Å². The fourth-order valence-electron chi connectivity index (χ4n) is 4.65. The number of amides is 1. The van der Waals surface area contributed by atoms with Crippen LogP contribution in [0, 0.1) is 0 Å². The van der Waals surface area contributed by atoms with Crippen LogP contribution >= 0.6 is 0 Å². The number of aromatic nitrogens is 4. The number of carbonyl (C=O) groups is 1. The molecule has 5 rings (SSSR count). The molecule has 11 heteroatoms. The predicted molar refractivity (Wildman–Crippen MR) is 135 cm³/mol. The molecule has 0 spiro atoms. The third kappa shape index (κ3) is 5.02. The van der Waals surface area contributed by atoms with Gasteiger partial charge in [-0.05, 0) is 30.2 Å². The average molecular weight is 509 g/mol. The maximum atomic E-state index is 12.9. The summed E-state index contributed by atoms with van der Waals surface area (Å²) in [4.78, 5) is 35.1. The SMILES string of the molecule is CC(=O)N1CC[C@H](Nc2ncc(-c3ccc4c(=O)n(C)n(Cc5ccccc5OC(F)F)c4c3)cn2)C1. The molecule has 0 aliphatic carbocycles. The lowest BCUT2D eigenvalue weighted by Gasteiger charge is -2.15. The third-order valence-corrected chi connectivity index (χ3v) is 6.62. The first-order chi connectivity index (χ1) is 17.8. The number of nitrogens with zero attached hydrogens (tertiary/aromatic N) is 5. The Morgan fingerprint density at radius 2 is 1.92 bits per heavy atom. The minimum absolute atomic E-state index is 0.0559. The van der Waals surface area contributed by atoms with Gasteiger partial charge in [0.05, 0.1) is 17.4 Å². The molecule has 1 amide bonds. The number of fused-ring (bicyclic) bond motifs is 1. The van der Waals surface area contributed by atoms with Gasteiger partial charge < -0.3 is 15.0 Å². The van der Waals surface area contributed by atoms with E-state index in [4.69, 9.17) is 0 Å². The highest BCUT2D eigenvalue weighted by Crippen LogP contribution is 2.26. The molecule has 1 saturated heterocycles. The van der Waals surface area contributed by atoms with Gasteiger partial charge >= 0.3 is 6.61 Å². The summed E-state index contributed by atoms with van der Waals surface area (Å²) in [5, 5.41) is 3.78. The number of hydrogen-bond donors (Lipinski definition) is 1. The molecule has 0 unspecified atom stereocenters. The monoisotopic (exact) mass is 508 g/mol. The summed E-state index contributed by atoms with van der Waals surface area (Å²) in [5.74, 6) is 0.598. The first kappa shape index (κ1) is 24.4. The van der Waals surface area contributed by atoms with Crippen LogP contribution in [-0.2, 0) is 18.4 Å². The van der Waals surface area contributed by atoms with Crippen molar-refractivity contribution in [3.05, 3.63) is 70.8 Å². The number of likely N-dealkylation sites (tertiary alicyclic amines) is 1. The average Bonchev–Trinajstić information content (AvgIpc) is 3.44. The van der Waals surface area contributed by atoms with Crippen molar-refractivity contribution in [3.63, 3.8) is 0 Å². The number of carbonyl (C=O) groups excluding carboxylic acids is 1. The summed E-state index contributed by atoms with van der Waals surface area (Å²) < 4.78 is 33.6. The number of alkyl halides is 2. The van der Waals surface area contributed by atoms with Crippen molar-refractivity contribution in [3.8, 4) is 16.9 Å². The van der Waals surface area contributed by atoms with Gasteiger partial charge in [0.25, 0.3) is 5.56 Å². The van der Waals surface area contributed by atoms with Gasteiger partial charge in [0, 0.05) is 56.6 Å². The lowest BCUT2D eigenvalue weighted by Crippen LogP contribution is -2.30. The van der Waals surface area contributed by atoms with E-state index in [1.807, 2.05) is 12.1 Å².